The summed E-state index contributed by atoms with van der Waals surface area (Å²) in [7, 11) is 0. The zero-order valence-electron chi connectivity index (χ0n) is 17.1. The van der Waals surface area contributed by atoms with Crippen molar-refractivity contribution >= 4 is 5.97 Å². The van der Waals surface area contributed by atoms with Crippen LogP contribution in [-0.4, -0.2) is 20.6 Å². The molecule has 3 aromatic rings. The lowest BCUT2D eigenvalue weighted by Crippen LogP contribution is -2.19. The van der Waals surface area contributed by atoms with Crippen LogP contribution in [0.5, 0.6) is 0 Å². The number of H-pyrrole nitrogens is 1. The molecule has 0 amide bonds. The number of aromatic amines is 1. The highest BCUT2D eigenvalue weighted by Gasteiger charge is 2.15. The third-order valence-corrected chi connectivity index (χ3v) is 5.23. The minimum Gasteiger partial charge on any atom is -0.478 e. The molecule has 1 heterocycles. The molecule has 0 saturated heterocycles. The Morgan fingerprint density at radius 3 is 2.57 bits per heavy atom. The predicted octanol–water partition coefficient (Wildman–Crippen LogP) is 4.50. The van der Waals surface area contributed by atoms with E-state index in [1.165, 1.54) is 0 Å². The zero-order chi connectivity index (χ0) is 21.5. The molecule has 5 nitrogen and oxygen atoms in total. The van der Waals surface area contributed by atoms with Crippen molar-refractivity contribution in [2.75, 3.05) is 0 Å². The maximum absolute atomic E-state index is 12.5. The second-order valence-electron chi connectivity index (χ2n) is 7.29. The Balaban J connectivity index is 1.91. The molecule has 5 heteroatoms. The number of aromatic carboxylic acids is 1. The van der Waals surface area contributed by atoms with Gasteiger partial charge in [0.25, 0.3) is 0 Å². The smallest absolute Gasteiger partial charge is 0.336 e. The fourth-order valence-electron chi connectivity index (χ4n) is 3.63. The zero-order valence-corrected chi connectivity index (χ0v) is 17.1. The van der Waals surface area contributed by atoms with E-state index >= 15 is 0 Å². The second kappa shape index (κ2) is 9.80. The van der Waals surface area contributed by atoms with Crippen LogP contribution in [0.15, 0.2) is 53.3 Å². The van der Waals surface area contributed by atoms with Crippen LogP contribution in [0.2, 0.25) is 0 Å². The molecule has 0 aliphatic carbocycles. The first-order valence-electron chi connectivity index (χ1n) is 10.2. The van der Waals surface area contributed by atoms with Gasteiger partial charge in [0.15, 0.2) is 0 Å². The number of aromatic nitrogens is 2. The summed E-state index contributed by atoms with van der Waals surface area (Å²) < 4.78 is 1.82. The number of terminal acetylenes is 1. The van der Waals surface area contributed by atoms with E-state index in [0.717, 1.165) is 35.4 Å². The number of unbranched alkanes of at least 4 members (excludes halogenated alkanes) is 1. The van der Waals surface area contributed by atoms with Crippen molar-refractivity contribution in [1.82, 2.24) is 9.55 Å². The number of carboxylic acids is 1. The van der Waals surface area contributed by atoms with Crippen molar-refractivity contribution in [3.63, 3.8) is 0 Å². The topological polar surface area (TPSA) is 75.1 Å². The van der Waals surface area contributed by atoms with Crippen molar-refractivity contribution in [3.8, 4) is 23.5 Å². The van der Waals surface area contributed by atoms with Gasteiger partial charge in [-0.25, -0.2) is 9.59 Å². The monoisotopic (exact) mass is 402 g/mol. The molecule has 2 N–H and O–H groups in total. The third kappa shape index (κ3) is 4.72. The Morgan fingerprint density at radius 2 is 1.90 bits per heavy atom. The molecule has 1 aromatic heterocycles. The minimum absolute atomic E-state index is 0.0857. The summed E-state index contributed by atoms with van der Waals surface area (Å²) in [5.74, 6) is 1.70. The van der Waals surface area contributed by atoms with Crippen LogP contribution >= 0.6 is 0 Å². The summed E-state index contributed by atoms with van der Waals surface area (Å²) >= 11 is 0. The molecule has 0 aliphatic heterocycles. The SMILES string of the molecule is C#CCCc1[nH]c(=O)n(CCCC)c1Cc1ccc(-c2ccccc2C(=O)O)cc1. The summed E-state index contributed by atoms with van der Waals surface area (Å²) in [6.45, 7) is 2.78. The Hall–Kier alpha value is -3.52. The lowest BCUT2D eigenvalue weighted by Gasteiger charge is -2.11. The van der Waals surface area contributed by atoms with E-state index in [0.29, 0.717) is 31.4 Å². The number of rotatable bonds is 9. The largest absolute Gasteiger partial charge is 0.478 e. The average molecular weight is 402 g/mol. The summed E-state index contributed by atoms with van der Waals surface area (Å²) in [6.07, 6.45) is 9.19. The molecule has 0 atom stereocenters. The van der Waals surface area contributed by atoms with Crippen LogP contribution in [-0.2, 0) is 19.4 Å². The van der Waals surface area contributed by atoms with E-state index in [-0.39, 0.29) is 11.3 Å². The first-order chi connectivity index (χ1) is 14.5. The molecule has 2 aromatic carbocycles. The van der Waals surface area contributed by atoms with E-state index in [1.807, 2.05) is 41.0 Å². The number of carboxylic acid groups (broad SMARTS) is 1. The molecule has 0 fully saturated rings. The van der Waals surface area contributed by atoms with Crippen molar-refractivity contribution in [2.24, 2.45) is 0 Å². The Labute approximate surface area is 176 Å². The van der Waals surface area contributed by atoms with Gasteiger partial charge < -0.3 is 10.1 Å². The first kappa shape index (κ1) is 21.2. The van der Waals surface area contributed by atoms with E-state index in [4.69, 9.17) is 6.42 Å². The molecule has 0 aliphatic rings. The van der Waals surface area contributed by atoms with Gasteiger partial charge in [-0.3, -0.25) is 4.57 Å². The quantitative estimate of drug-likeness (QED) is 0.518. The van der Waals surface area contributed by atoms with E-state index in [9.17, 15) is 14.7 Å². The lowest BCUT2D eigenvalue weighted by molar-refractivity contribution is 0.0697. The van der Waals surface area contributed by atoms with Gasteiger partial charge in [0.1, 0.15) is 0 Å². The van der Waals surface area contributed by atoms with E-state index < -0.39 is 5.97 Å². The molecule has 0 unspecified atom stereocenters. The highest BCUT2D eigenvalue weighted by Crippen LogP contribution is 2.25. The number of benzene rings is 2. The molecule has 0 bridgehead atoms. The molecular formula is C25H26N2O3. The van der Waals surface area contributed by atoms with Crippen molar-refractivity contribution in [2.45, 2.75) is 45.6 Å². The van der Waals surface area contributed by atoms with Crippen molar-refractivity contribution < 1.29 is 9.90 Å². The van der Waals surface area contributed by atoms with Crippen LogP contribution in [0.4, 0.5) is 0 Å². The van der Waals surface area contributed by atoms with Gasteiger partial charge in [-0.2, -0.15) is 0 Å². The van der Waals surface area contributed by atoms with E-state index in [2.05, 4.69) is 17.8 Å². The number of carbonyl (C=O) groups is 1. The molecule has 0 radical (unpaired) electrons. The van der Waals surface area contributed by atoms with Crippen LogP contribution in [0.25, 0.3) is 11.1 Å². The van der Waals surface area contributed by atoms with Gasteiger partial charge >= 0.3 is 11.7 Å². The maximum Gasteiger partial charge on any atom is 0.336 e. The average Bonchev–Trinajstić information content (AvgIpc) is 3.05. The number of aryl methyl sites for hydroxylation is 1. The van der Waals surface area contributed by atoms with Gasteiger partial charge in [0, 0.05) is 37.2 Å². The van der Waals surface area contributed by atoms with Gasteiger partial charge in [-0.15, -0.1) is 12.3 Å². The van der Waals surface area contributed by atoms with Gasteiger partial charge in [-0.1, -0.05) is 55.8 Å². The Morgan fingerprint density at radius 1 is 1.17 bits per heavy atom. The number of imidazole rings is 1. The molecule has 0 spiro atoms. The lowest BCUT2D eigenvalue weighted by atomic mass is 9.97. The van der Waals surface area contributed by atoms with Crippen LogP contribution in [0.1, 0.15) is 53.5 Å². The minimum atomic E-state index is -0.944. The van der Waals surface area contributed by atoms with Gasteiger partial charge in [-0.05, 0) is 29.2 Å². The Bertz CT molecular complexity index is 1110. The summed E-state index contributed by atoms with van der Waals surface area (Å²) in [4.78, 5) is 26.9. The molecule has 30 heavy (non-hydrogen) atoms. The Kier molecular flexibility index (Phi) is 6.92. The predicted molar refractivity (Wildman–Crippen MR) is 119 cm³/mol. The fourth-order valence-corrected chi connectivity index (χ4v) is 3.63. The second-order valence-corrected chi connectivity index (χ2v) is 7.29. The summed E-state index contributed by atoms with van der Waals surface area (Å²) in [6, 6.07) is 14.8. The third-order valence-electron chi connectivity index (χ3n) is 5.23. The molecule has 154 valence electrons. The van der Waals surface area contributed by atoms with Gasteiger partial charge in [0.2, 0.25) is 0 Å². The van der Waals surface area contributed by atoms with Crippen LogP contribution in [0.3, 0.4) is 0 Å². The van der Waals surface area contributed by atoms with Crippen molar-refractivity contribution in [3.05, 3.63) is 81.5 Å². The normalized spacial score (nSPS) is 10.7. The highest BCUT2D eigenvalue weighted by molar-refractivity contribution is 5.95. The maximum atomic E-state index is 12.5. The summed E-state index contributed by atoms with van der Waals surface area (Å²) in [5.41, 5.74) is 4.65. The fraction of sp³-hybridized carbons (Fsp3) is 0.280. The number of nitrogens with one attached hydrogen (secondary N) is 1. The first-order valence-corrected chi connectivity index (χ1v) is 10.2. The van der Waals surface area contributed by atoms with Crippen LogP contribution in [0, 0.1) is 12.3 Å². The molecule has 3 rings (SSSR count). The highest BCUT2D eigenvalue weighted by atomic mass is 16.4. The van der Waals surface area contributed by atoms with E-state index in [1.54, 1.807) is 12.1 Å². The number of hydrogen-bond donors (Lipinski definition) is 2. The molecular weight excluding hydrogens is 376 g/mol. The number of nitrogens with zero attached hydrogens (tertiary/aromatic N) is 1. The van der Waals surface area contributed by atoms with Gasteiger partial charge in [0.05, 0.1) is 5.56 Å². The van der Waals surface area contributed by atoms with Crippen molar-refractivity contribution in [1.29, 1.82) is 0 Å². The number of hydrogen-bond acceptors (Lipinski definition) is 2. The summed E-state index contributed by atoms with van der Waals surface area (Å²) in [5, 5.41) is 9.43. The standard InChI is InChI=1S/C25H26N2O3/c1-3-5-11-22-23(27(16-6-4-2)25(30)26-22)17-18-12-14-19(15-13-18)20-9-7-8-10-21(20)24(28)29/h1,7-10,12-15H,4-6,11,16-17H2,2H3,(H,26,30)(H,28,29). The molecule has 0 saturated carbocycles. The van der Waals surface area contributed by atoms with Crippen LogP contribution < -0.4 is 5.69 Å².